The Morgan fingerprint density at radius 1 is 1.19 bits per heavy atom. The summed E-state index contributed by atoms with van der Waals surface area (Å²) >= 11 is 0. The van der Waals surface area contributed by atoms with Crippen LogP contribution in [-0.4, -0.2) is 21.9 Å². The number of hydrogen-bond donors (Lipinski definition) is 1. The Labute approximate surface area is 98.7 Å². The minimum Gasteiger partial charge on any atom is -0.347 e. The van der Waals surface area contributed by atoms with Gasteiger partial charge >= 0.3 is 0 Å². The molecule has 1 N–H and O–H groups in total. The molecular weight excluding hydrogens is 222 g/mol. The van der Waals surface area contributed by atoms with Crippen molar-refractivity contribution in [3.63, 3.8) is 0 Å². The molecule has 0 aliphatic carbocycles. The molecule has 4 heteroatoms. The first kappa shape index (κ1) is 12.9. The Kier molecular flexibility index (Phi) is 3.86. The van der Waals surface area contributed by atoms with Crippen molar-refractivity contribution in [3.8, 4) is 0 Å². The molecule has 0 fully saturated rings. The van der Waals surface area contributed by atoms with Gasteiger partial charge in [-0.15, -0.1) is 0 Å². The van der Waals surface area contributed by atoms with Crippen molar-refractivity contribution in [2.45, 2.75) is 31.2 Å². The molecule has 1 rings (SSSR count). The summed E-state index contributed by atoms with van der Waals surface area (Å²) in [6, 6.07) is 6.82. The van der Waals surface area contributed by atoms with Gasteiger partial charge in [0.15, 0.2) is 0 Å². The van der Waals surface area contributed by atoms with Crippen LogP contribution in [0.2, 0.25) is 0 Å². The van der Waals surface area contributed by atoms with E-state index in [1.165, 1.54) is 0 Å². The van der Waals surface area contributed by atoms with Gasteiger partial charge in [0.1, 0.15) is 0 Å². The van der Waals surface area contributed by atoms with Crippen molar-refractivity contribution in [1.29, 1.82) is 0 Å². The van der Waals surface area contributed by atoms with Gasteiger partial charge in [-0.05, 0) is 45.0 Å². The fraction of sp³-hybridized carbons (Fsp3) is 0.417. The minimum absolute atomic E-state index is 0.110. The second-order valence-corrected chi connectivity index (χ2v) is 6.06. The van der Waals surface area contributed by atoms with Crippen LogP contribution >= 0.6 is 0 Å². The van der Waals surface area contributed by atoms with E-state index in [1.807, 2.05) is 20.8 Å². The summed E-state index contributed by atoms with van der Waals surface area (Å²) in [4.78, 5) is 12.5. The molecule has 88 valence electrons. The number of hydrogen-bond acceptors (Lipinski definition) is 2. The lowest BCUT2D eigenvalue weighted by atomic mass is 10.1. The summed E-state index contributed by atoms with van der Waals surface area (Å²) in [6.45, 7) is 5.79. The monoisotopic (exact) mass is 239 g/mol. The summed E-state index contributed by atoms with van der Waals surface area (Å²) in [5, 5.41) is 2.87. The predicted octanol–water partition coefficient (Wildman–Crippen LogP) is 1.95. The Bertz CT molecular complexity index is 404. The molecule has 0 bridgehead atoms. The third-order valence-electron chi connectivity index (χ3n) is 1.94. The molecule has 1 unspecified atom stereocenters. The second kappa shape index (κ2) is 4.78. The zero-order valence-corrected chi connectivity index (χ0v) is 10.9. The smallest absolute Gasteiger partial charge is 0.251 e. The number of nitrogens with one attached hydrogen (secondary N) is 1. The largest absolute Gasteiger partial charge is 0.347 e. The highest BCUT2D eigenvalue weighted by Gasteiger charge is 2.15. The summed E-state index contributed by atoms with van der Waals surface area (Å²) in [7, 11) is -1.00. The topological polar surface area (TPSA) is 46.2 Å². The average molecular weight is 239 g/mol. The third kappa shape index (κ3) is 3.77. The standard InChI is InChI=1S/C12H17NO2S/c1-12(2,3)13-11(14)9-5-7-10(8-6-9)16(4)15/h5-8H,1-4H3,(H,13,14). The maximum absolute atomic E-state index is 11.8. The van der Waals surface area contributed by atoms with E-state index in [0.717, 1.165) is 4.90 Å². The Hall–Kier alpha value is -1.16. The highest BCUT2D eigenvalue weighted by atomic mass is 32.2. The molecule has 0 spiro atoms. The van der Waals surface area contributed by atoms with Crippen LogP contribution < -0.4 is 5.32 Å². The number of rotatable bonds is 2. The van der Waals surface area contributed by atoms with Gasteiger partial charge in [0.05, 0.1) is 0 Å². The van der Waals surface area contributed by atoms with Crippen LogP contribution in [0.15, 0.2) is 29.2 Å². The van der Waals surface area contributed by atoms with Gasteiger partial charge in [-0.25, -0.2) is 0 Å². The Morgan fingerprint density at radius 3 is 2.06 bits per heavy atom. The van der Waals surface area contributed by atoms with E-state index in [4.69, 9.17) is 0 Å². The van der Waals surface area contributed by atoms with Crippen molar-refractivity contribution < 1.29 is 9.00 Å². The maximum Gasteiger partial charge on any atom is 0.251 e. The van der Waals surface area contributed by atoms with Crippen LogP contribution in [-0.2, 0) is 10.8 Å². The summed E-state index contributed by atoms with van der Waals surface area (Å²) in [5.41, 5.74) is 0.340. The molecule has 0 heterocycles. The molecule has 1 atom stereocenters. The number of carbonyl (C=O) groups excluding carboxylic acids is 1. The first-order chi connectivity index (χ1) is 7.29. The lowest BCUT2D eigenvalue weighted by molar-refractivity contribution is 0.0919. The predicted molar refractivity (Wildman–Crippen MR) is 66.0 cm³/mol. The molecule has 0 radical (unpaired) electrons. The van der Waals surface area contributed by atoms with Crippen LogP contribution in [0.5, 0.6) is 0 Å². The van der Waals surface area contributed by atoms with Gasteiger partial charge in [0.25, 0.3) is 5.91 Å². The van der Waals surface area contributed by atoms with Crippen LogP contribution in [0.25, 0.3) is 0 Å². The van der Waals surface area contributed by atoms with E-state index >= 15 is 0 Å². The zero-order valence-electron chi connectivity index (χ0n) is 10.0. The van der Waals surface area contributed by atoms with Crippen molar-refractivity contribution in [2.75, 3.05) is 6.26 Å². The van der Waals surface area contributed by atoms with E-state index in [1.54, 1.807) is 30.5 Å². The van der Waals surface area contributed by atoms with Crippen molar-refractivity contribution in [3.05, 3.63) is 29.8 Å². The van der Waals surface area contributed by atoms with Crippen LogP contribution in [0.1, 0.15) is 31.1 Å². The van der Waals surface area contributed by atoms with Gasteiger partial charge < -0.3 is 5.32 Å². The maximum atomic E-state index is 11.8. The highest BCUT2D eigenvalue weighted by molar-refractivity contribution is 7.84. The molecule has 0 saturated heterocycles. The van der Waals surface area contributed by atoms with Gasteiger partial charge in [0.2, 0.25) is 0 Å². The number of carbonyl (C=O) groups is 1. The van der Waals surface area contributed by atoms with Crippen LogP contribution in [0.4, 0.5) is 0 Å². The molecular formula is C12H17NO2S. The molecule has 1 aromatic carbocycles. The van der Waals surface area contributed by atoms with Crippen LogP contribution in [0.3, 0.4) is 0 Å². The van der Waals surface area contributed by atoms with Gasteiger partial charge in [-0.1, -0.05) is 0 Å². The normalized spacial score (nSPS) is 13.2. The van der Waals surface area contributed by atoms with Gasteiger partial charge in [-0.3, -0.25) is 9.00 Å². The van der Waals surface area contributed by atoms with Gasteiger partial charge in [0, 0.05) is 33.1 Å². The first-order valence-electron chi connectivity index (χ1n) is 5.05. The Morgan fingerprint density at radius 2 is 1.69 bits per heavy atom. The molecule has 1 aromatic rings. The lowest BCUT2D eigenvalue weighted by Gasteiger charge is -2.20. The molecule has 1 amide bonds. The Balaban J connectivity index is 2.82. The minimum atomic E-state index is -1.00. The SMILES string of the molecule is CS(=O)c1ccc(C(=O)NC(C)(C)C)cc1. The summed E-state index contributed by atoms with van der Waals surface area (Å²) in [6.07, 6.45) is 1.62. The third-order valence-corrected chi connectivity index (χ3v) is 2.87. The van der Waals surface area contributed by atoms with Crippen molar-refractivity contribution in [2.24, 2.45) is 0 Å². The zero-order chi connectivity index (χ0) is 12.3. The van der Waals surface area contributed by atoms with E-state index in [0.29, 0.717) is 5.56 Å². The second-order valence-electron chi connectivity index (χ2n) is 4.68. The van der Waals surface area contributed by atoms with E-state index in [2.05, 4.69) is 5.32 Å². The molecule has 0 saturated carbocycles. The van der Waals surface area contributed by atoms with E-state index < -0.39 is 10.8 Å². The van der Waals surface area contributed by atoms with E-state index in [9.17, 15) is 9.00 Å². The number of benzene rings is 1. The molecule has 0 aliphatic rings. The van der Waals surface area contributed by atoms with Crippen molar-refractivity contribution in [1.82, 2.24) is 5.32 Å². The van der Waals surface area contributed by atoms with Crippen LogP contribution in [0, 0.1) is 0 Å². The highest BCUT2D eigenvalue weighted by Crippen LogP contribution is 2.09. The lowest BCUT2D eigenvalue weighted by Crippen LogP contribution is -2.40. The summed E-state index contributed by atoms with van der Waals surface area (Å²) in [5.74, 6) is -0.110. The van der Waals surface area contributed by atoms with E-state index in [-0.39, 0.29) is 11.4 Å². The fourth-order valence-electron chi connectivity index (χ4n) is 1.21. The fourth-order valence-corrected chi connectivity index (χ4v) is 1.73. The molecule has 16 heavy (non-hydrogen) atoms. The molecule has 0 aromatic heterocycles. The quantitative estimate of drug-likeness (QED) is 0.857. The van der Waals surface area contributed by atoms with Gasteiger partial charge in [-0.2, -0.15) is 0 Å². The molecule has 0 aliphatic heterocycles. The summed E-state index contributed by atoms with van der Waals surface area (Å²) < 4.78 is 11.2. The van der Waals surface area contributed by atoms with Crippen molar-refractivity contribution >= 4 is 16.7 Å². The molecule has 3 nitrogen and oxygen atoms in total. The number of amides is 1. The average Bonchev–Trinajstić information content (AvgIpc) is 2.15. The first-order valence-corrected chi connectivity index (χ1v) is 6.61.